The minimum atomic E-state index is 0.101. The van der Waals surface area contributed by atoms with E-state index in [1.54, 1.807) is 11.8 Å². The molecule has 1 heterocycles. The van der Waals surface area contributed by atoms with Crippen LogP contribution in [0.1, 0.15) is 0 Å². The van der Waals surface area contributed by atoms with Crippen LogP contribution in [0.15, 0.2) is 36.5 Å². The van der Waals surface area contributed by atoms with Crippen LogP contribution in [0.5, 0.6) is 5.75 Å². The first-order valence-corrected chi connectivity index (χ1v) is 5.12. The molecule has 16 heavy (non-hydrogen) atoms. The van der Waals surface area contributed by atoms with Crippen molar-refractivity contribution in [2.75, 3.05) is 13.7 Å². The Balaban J connectivity index is 2.21. The smallest absolute Gasteiger partial charge is 0.118 e. The van der Waals surface area contributed by atoms with Crippen LogP contribution in [0.25, 0.3) is 11.3 Å². The summed E-state index contributed by atoms with van der Waals surface area (Å²) in [5.41, 5.74) is 1.94. The molecule has 4 nitrogen and oxygen atoms in total. The number of methoxy groups -OCH3 is 1. The molecule has 0 saturated carbocycles. The van der Waals surface area contributed by atoms with Gasteiger partial charge in [0.2, 0.25) is 0 Å². The summed E-state index contributed by atoms with van der Waals surface area (Å²) in [7, 11) is 1.64. The van der Waals surface area contributed by atoms with Gasteiger partial charge in [-0.1, -0.05) is 0 Å². The molecule has 1 aromatic heterocycles. The largest absolute Gasteiger partial charge is 0.497 e. The van der Waals surface area contributed by atoms with E-state index in [0.717, 1.165) is 17.0 Å². The van der Waals surface area contributed by atoms with Crippen LogP contribution < -0.4 is 4.74 Å². The van der Waals surface area contributed by atoms with Crippen LogP contribution in [0.2, 0.25) is 0 Å². The average molecular weight is 218 g/mol. The van der Waals surface area contributed by atoms with Crippen molar-refractivity contribution in [1.29, 1.82) is 0 Å². The van der Waals surface area contributed by atoms with Gasteiger partial charge in [-0.05, 0) is 30.3 Å². The Morgan fingerprint density at radius 3 is 2.62 bits per heavy atom. The Morgan fingerprint density at radius 2 is 2.00 bits per heavy atom. The highest BCUT2D eigenvalue weighted by molar-refractivity contribution is 5.59. The fourth-order valence-electron chi connectivity index (χ4n) is 1.50. The molecule has 0 amide bonds. The minimum absolute atomic E-state index is 0.101. The zero-order valence-electron chi connectivity index (χ0n) is 9.13. The second-order valence-corrected chi connectivity index (χ2v) is 3.42. The summed E-state index contributed by atoms with van der Waals surface area (Å²) in [4.78, 5) is 0. The lowest BCUT2D eigenvalue weighted by Gasteiger charge is -2.00. The number of ether oxygens (including phenoxy) is 1. The van der Waals surface area contributed by atoms with Gasteiger partial charge in [0.25, 0.3) is 0 Å². The first kappa shape index (κ1) is 10.7. The highest BCUT2D eigenvalue weighted by Gasteiger charge is 2.02. The summed E-state index contributed by atoms with van der Waals surface area (Å²) in [6, 6.07) is 9.66. The summed E-state index contributed by atoms with van der Waals surface area (Å²) in [5, 5.41) is 13.1. The van der Waals surface area contributed by atoms with E-state index in [9.17, 15) is 0 Å². The Kier molecular flexibility index (Phi) is 3.22. The molecule has 0 fully saturated rings. The molecule has 0 bridgehead atoms. The highest BCUT2D eigenvalue weighted by Crippen LogP contribution is 2.20. The van der Waals surface area contributed by atoms with Gasteiger partial charge in [-0.3, -0.25) is 4.68 Å². The van der Waals surface area contributed by atoms with Crippen LogP contribution in [0.4, 0.5) is 0 Å². The molecule has 0 aliphatic carbocycles. The van der Waals surface area contributed by atoms with Crippen LogP contribution in [0, 0.1) is 0 Å². The maximum Gasteiger partial charge on any atom is 0.118 e. The Hall–Kier alpha value is -1.81. The Labute approximate surface area is 94.1 Å². The van der Waals surface area contributed by atoms with E-state index in [1.807, 2.05) is 36.5 Å². The molecule has 0 spiro atoms. The van der Waals surface area contributed by atoms with Crippen molar-refractivity contribution in [2.45, 2.75) is 6.54 Å². The van der Waals surface area contributed by atoms with E-state index in [0.29, 0.717) is 6.54 Å². The van der Waals surface area contributed by atoms with Crippen molar-refractivity contribution >= 4 is 0 Å². The molecule has 2 rings (SSSR count). The van der Waals surface area contributed by atoms with Crippen molar-refractivity contribution in [2.24, 2.45) is 0 Å². The minimum Gasteiger partial charge on any atom is -0.497 e. The summed E-state index contributed by atoms with van der Waals surface area (Å²) in [6.07, 6.45) is 1.86. The van der Waals surface area contributed by atoms with Crippen molar-refractivity contribution in [3.8, 4) is 17.0 Å². The molecule has 1 aromatic carbocycles. The van der Waals surface area contributed by atoms with Crippen LogP contribution in [-0.2, 0) is 6.54 Å². The number of benzene rings is 1. The lowest BCUT2D eigenvalue weighted by molar-refractivity contribution is 0.269. The molecule has 84 valence electrons. The molecule has 0 atom stereocenters. The molecule has 2 aromatic rings. The molecule has 0 aliphatic rings. The van der Waals surface area contributed by atoms with Crippen LogP contribution >= 0.6 is 0 Å². The number of aliphatic hydroxyl groups is 1. The zero-order chi connectivity index (χ0) is 11.4. The van der Waals surface area contributed by atoms with Crippen molar-refractivity contribution in [1.82, 2.24) is 9.78 Å². The molecular formula is C12H14N2O2. The standard InChI is InChI=1S/C12H14N2O2/c1-16-11-4-2-10(3-5-11)12-6-7-14(13-12)8-9-15/h2-7,15H,8-9H2,1H3. The van der Waals surface area contributed by atoms with Gasteiger partial charge in [0.1, 0.15) is 5.75 Å². The van der Waals surface area contributed by atoms with Gasteiger partial charge in [-0.2, -0.15) is 5.10 Å². The third-order valence-corrected chi connectivity index (χ3v) is 2.36. The number of aliphatic hydroxyl groups excluding tert-OH is 1. The zero-order valence-corrected chi connectivity index (χ0v) is 9.13. The first-order valence-electron chi connectivity index (χ1n) is 5.12. The number of nitrogens with zero attached hydrogens (tertiary/aromatic N) is 2. The van der Waals surface area contributed by atoms with Crippen LogP contribution in [-0.4, -0.2) is 28.6 Å². The normalized spacial score (nSPS) is 10.4. The van der Waals surface area contributed by atoms with E-state index < -0.39 is 0 Å². The third kappa shape index (κ3) is 2.23. The molecule has 4 heteroatoms. The lowest BCUT2D eigenvalue weighted by atomic mass is 10.1. The molecular weight excluding hydrogens is 204 g/mol. The van der Waals surface area contributed by atoms with E-state index in [4.69, 9.17) is 9.84 Å². The summed E-state index contributed by atoms with van der Waals surface area (Å²) < 4.78 is 6.81. The number of rotatable bonds is 4. The van der Waals surface area contributed by atoms with Gasteiger partial charge in [0, 0.05) is 11.8 Å². The lowest BCUT2D eigenvalue weighted by Crippen LogP contribution is -2.02. The van der Waals surface area contributed by atoms with Crippen molar-refractivity contribution in [3.05, 3.63) is 36.5 Å². The van der Waals surface area contributed by atoms with E-state index in [2.05, 4.69) is 5.10 Å². The molecule has 0 aliphatic heterocycles. The van der Waals surface area contributed by atoms with Gasteiger partial charge in [-0.25, -0.2) is 0 Å². The first-order chi connectivity index (χ1) is 7.83. The second kappa shape index (κ2) is 4.81. The van der Waals surface area contributed by atoms with Gasteiger partial charge in [0.15, 0.2) is 0 Å². The Bertz CT molecular complexity index is 448. The predicted molar refractivity (Wildman–Crippen MR) is 61.3 cm³/mol. The summed E-state index contributed by atoms with van der Waals surface area (Å²) in [5.74, 6) is 0.832. The average Bonchev–Trinajstić information content (AvgIpc) is 2.78. The number of hydrogen-bond donors (Lipinski definition) is 1. The quantitative estimate of drug-likeness (QED) is 0.847. The summed E-state index contributed by atoms with van der Waals surface area (Å²) >= 11 is 0. The molecule has 0 radical (unpaired) electrons. The fourth-order valence-corrected chi connectivity index (χ4v) is 1.50. The second-order valence-electron chi connectivity index (χ2n) is 3.42. The maximum absolute atomic E-state index is 8.79. The van der Waals surface area contributed by atoms with Gasteiger partial charge >= 0.3 is 0 Å². The molecule has 0 unspecified atom stereocenters. The molecule has 0 saturated heterocycles. The van der Waals surface area contributed by atoms with Crippen molar-refractivity contribution < 1.29 is 9.84 Å². The fraction of sp³-hybridized carbons (Fsp3) is 0.250. The summed E-state index contributed by atoms with van der Waals surface area (Å²) in [6.45, 7) is 0.625. The van der Waals surface area contributed by atoms with E-state index in [-0.39, 0.29) is 6.61 Å². The number of aromatic nitrogens is 2. The highest BCUT2D eigenvalue weighted by atomic mass is 16.5. The monoisotopic (exact) mass is 218 g/mol. The van der Waals surface area contributed by atoms with Crippen LogP contribution in [0.3, 0.4) is 0 Å². The number of hydrogen-bond acceptors (Lipinski definition) is 3. The SMILES string of the molecule is COc1ccc(-c2ccn(CCO)n2)cc1. The van der Waals surface area contributed by atoms with Gasteiger partial charge in [0.05, 0.1) is 26.0 Å². The Morgan fingerprint density at radius 1 is 1.25 bits per heavy atom. The maximum atomic E-state index is 8.79. The van der Waals surface area contributed by atoms with E-state index >= 15 is 0 Å². The molecule has 1 N–H and O–H groups in total. The predicted octanol–water partition coefficient (Wildman–Crippen LogP) is 1.55. The van der Waals surface area contributed by atoms with E-state index in [1.165, 1.54) is 0 Å². The van der Waals surface area contributed by atoms with Gasteiger partial charge in [-0.15, -0.1) is 0 Å². The van der Waals surface area contributed by atoms with Crippen molar-refractivity contribution in [3.63, 3.8) is 0 Å². The third-order valence-electron chi connectivity index (χ3n) is 2.36. The topological polar surface area (TPSA) is 47.3 Å². The van der Waals surface area contributed by atoms with Gasteiger partial charge < -0.3 is 9.84 Å².